The van der Waals surface area contributed by atoms with E-state index in [2.05, 4.69) is 0 Å². The van der Waals surface area contributed by atoms with Gasteiger partial charge in [-0.15, -0.1) is 0 Å². The van der Waals surface area contributed by atoms with E-state index in [-0.39, 0.29) is 116 Å². The van der Waals surface area contributed by atoms with Crippen molar-refractivity contribution >= 4 is 74.0 Å². The van der Waals surface area contributed by atoms with Crippen LogP contribution in [-0.4, -0.2) is 74.0 Å². The maximum Gasteiger partial charge on any atom is 0 e. The van der Waals surface area contributed by atoms with Crippen LogP contribution in [0.1, 0.15) is 0 Å². The number of hydrogen-bond acceptors (Lipinski definition) is 0. The summed E-state index contributed by atoms with van der Waals surface area (Å²) in [5, 5.41) is 0. The van der Waals surface area contributed by atoms with Crippen LogP contribution in [-0.2, 0) is 41.9 Å². The summed E-state index contributed by atoms with van der Waals surface area (Å²) >= 11 is 0. The molecule has 0 aromatic heterocycles. The molecule has 0 rings (SSSR count). The van der Waals surface area contributed by atoms with Crippen molar-refractivity contribution in [3.05, 3.63) is 0 Å². The third-order valence-electron chi connectivity index (χ3n) is 0. The fraction of sp³-hybridized carbons (Fsp3) is 0. The van der Waals surface area contributed by atoms with Crippen molar-refractivity contribution in [3.8, 4) is 0 Å². The van der Waals surface area contributed by atoms with Crippen LogP contribution in [0.2, 0.25) is 0 Å². The van der Waals surface area contributed by atoms with Crippen molar-refractivity contribution < 1.29 is 41.9 Å². The molecular formula is AgBiSn2Zn. The topological polar surface area (TPSA) is 0 Å². The van der Waals surface area contributed by atoms with Gasteiger partial charge < -0.3 is 0 Å². The predicted octanol–water partition coefficient (Wildman–Crippen LogP) is -1.15. The molecule has 0 fully saturated rings. The van der Waals surface area contributed by atoms with Gasteiger partial charge in [-0.25, -0.2) is 0 Å². The van der Waals surface area contributed by atoms with Gasteiger partial charge in [0.2, 0.25) is 0 Å². The van der Waals surface area contributed by atoms with Gasteiger partial charge >= 0.3 is 0 Å². The van der Waals surface area contributed by atoms with Crippen molar-refractivity contribution in [1.82, 2.24) is 0 Å². The molecule has 0 unspecified atom stereocenters. The van der Waals surface area contributed by atoms with Gasteiger partial charge in [-0.3, -0.25) is 0 Å². The first-order chi connectivity index (χ1) is 0. The first-order valence-corrected chi connectivity index (χ1v) is 0. The van der Waals surface area contributed by atoms with Crippen LogP contribution in [0.5, 0.6) is 0 Å². The van der Waals surface area contributed by atoms with Gasteiger partial charge in [0.05, 0.1) is 0 Å². The van der Waals surface area contributed by atoms with Crippen LogP contribution in [0.25, 0.3) is 0 Å². The molecule has 0 spiro atoms. The van der Waals surface area contributed by atoms with Gasteiger partial charge in [0.25, 0.3) is 0 Å². The Hall–Kier alpha value is 3.84. The molecule has 0 saturated carbocycles. The molecule has 0 amide bonds. The molecule has 5 heteroatoms. The van der Waals surface area contributed by atoms with E-state index in [1.165, 1.54) is 0 Å². The van der Waals surface area contributed by atoms with Crippen molar-refractivity contribution in [2.45, 2.75) is 0 Å². The maximum atomic E-state index is 0. The summed E-state index contributed by atoms with van der Waals surface area (Å²) in [4.78, 5) is 0. The van der Waals surface area contributed by atoms with E-state index < -0.39 is 0 Å². The van der Waals surface area contributed by atoms with E-state index in [1.54, 1.807) is 0 Å². The molecule has 0 bridgehead atoms. The maximum absolute atomic E-state index is 0. The van der Waals surface area contributed by atoms with E-state index >= 15 is 0 Å². The fourth-order valence-electron chi connectivity index (χ4n) is 0. The molecule has 5 heavy (non-hydrogen) atoms. The van der Waals surface area contributed by atoms with Crippen LogP contribution < -0.4 is 0 Å². The molecule has 26 valence electrons. The summed E-state index contributed by atoms with van der Waals surface area (Å²) in [7, 11) is 0. The normalized spacial score (nSPS) is 0. The minimum absolute atomic E-state index is 0. The van der Waals surface area contributed by atoms with Crippen LogP contribution in [0, 0.1) is 0 Å². The summed E-state index contributed by atoms with van der Waals surface area (Å²) in [5.74, 6) is 0. The quantitative estimate of drug-likeness (QED) is 0.301. The predicted molar refractivity (Wildman–Crippen MR) is 17.3 cm³/mol. The zero-order chi connectivity index (χ0) is 0. The molecule has 0 aromatic carbocycles. The van der Waals surface area contributed by atoms with Crippen molar-refractivity contribution in [3.63, 3.8) is 0 Å². The van der Waals surface area contributed by atoms with Crippen molar-refractivity contribution in [2.75, 3.05) is 0 Å². The van der Waals surface area contributed by atoms with E-state index in [0.717, 1.165) is 0 Å². The third-order valence-corrected chi connectivity index (χ3v) is 0. The molecule has 0 aliphatic carbocycles. The second-order valence-electron chi connectivity index (χ2n) is 0. The molecule has 0 heterocycles. The van der Waals surface area contributed by atoms with E-state index in [1.807, 2.05) is 0 Å². The Morgan fingerprint density at radius 1 is 0.800 bits per heavy atom. The average Bonchev–Trinajstić information content (AvgIpc) is 0. The molecular weight excluding hydrogens is 620 g/mol. The molecule has 0 aliphatic heterocycles. The second kappa shape index (κ2) is 24.9. The Labute approximate surface area is 113 Å². The first-order valence-electron chi connectivity index (χ1n) is 0. The van der Waals surface area contributed by atoms with Gasteiger partial charge in [0.15, 0.2) is 0 Å². The third kappa shape index (κ3) is 18.1. The van der Waals surface area contributed by atoms with Crippen LogP contribution in [0.4, 0.5) is 0 Å². The minimum Gasteiger partial charge on any atom is 0 e. The minimum atomic E-state index is 0. The van der Waals surface area contributed by atoms with Crippen LogP contribution in [0.15, 0.2) is 0 Å². The monoisotopic (exact) mass is 620 g/mol. The van der Waals surface area contributed by atoms with Gasteiger partial charge in [-0.05, 0) is 0 Å². The largest absolute Gasteiger partial charge is 0 e. The molecule has 0 atom stereocenters. The molecule has 0 nitrogen and oxygen atoms in total. The fourth-order valence-corrected chi connectivity index (χ4v) is 0. The van der Waals surface area contributed by atoms with Gasteiger partial charge in [-0.1, -0.05) is 0 Å². The van der Waals surface area contributed by atoms with Crippen molar-refractivity contribution in [1.29, 1.82) is 0 Å². The zero-order valence-corrected chi connectivity index (χ0v) is 16.1. The van der Waals surface area contributed by atoms with E-state index in [9.17, 15) is 0 Å². The van der Waals surface area contributed by atoms with Crippen molar-refractivity contribution in [2.24, 2.45) is 0 Å². The number of hydrogen-bond donors (Lipinski definition) is 0. The van der Waals surface area contributed by atoms with Crippen LogP contribution in [0.3, 0.4) is 0 Å². The molecule has 0 aliphatic rings. The molecule has 0 N–H and O–H groups in total. The number of rotatable bonds is 0. The molecule has 0 aromatic rings. The van der Waals surface area contributed by atoms with E-state index in [4.69, 9.17) is 0 Å². The van der Waals surface area contributed by atoms with Gasteiger partial charge in [-0.2, -0.15) is 0 Å². The smallest absolute Gasteiger partial charge is 0 e. The molecule has 12 radical (unpaired) electrons. The summed E-state index contributed by atoms with van der Waals surface area (Å²) in [6.45, 7) is 0. The Bertz CT molecular complexity index is 9.61. The standard InChI is InChI=1S/Ag.Bi.2Sn.Zn. The first kappa shape index (κ1) is 36.8. The zero-order valence-electron chi connectivity index (χ0n) is 2.46. The Kier molecular flexibility index (Phi) is 183. The van der Waals surface area contributed by atoms with Gasteiger partial charge in [0, 0.05) is 116 Å². The Morgan fingerprint density at radius 3 is 0.800 bits per heavy atom. The second-order valence-corrected chi connectivity index (χ2v) is 0. The summed E-state index contributed by atoms with van der Waals surface area (Å²) < 4.78 is 0. The average molecular weight is 620 g/mol. The Morgan fingerprint density at radius 2 is 0.800 bits per heavy atom. The van der Waals surface area contributed by atoms with E-state index in [0.29, 0.717) is 0 Å². The molecule has 0 saturated heterocycles. The van der Waals surface area contributed by atoms with Gasteiger partial charge in [0.1, 0.15) is 0 Å². The summed E-state index contributed by atoms with van der Waals surface area (Å²) in [6, 6.07) is 0. The summed E-state index contributed by atoms with van der Waals surface area (Å²) in [6.07, 6.45) is 0. The Balaban J connectivity index is 0. The summed E-state index contributed by atoms with van der Waals surface area (Å²) in [5.41, 5.74) is 0. The van der Waals surface area contributed by atoms with Crippen LogP contribution >= 0.6 is 0 Å². The SMILES string of the molecule is [Ag].[Bi].[Sn].[Sn].[Zn].